The molecule has 8 nitrogen and oxygen atoms in total. The first kappa shape index (κ1) is 32.2. The first-order valence-corrected chi connectivity index (χ1v) is 16.4. The molecule has 0 bridgehead atoms. The molecule has 0 atom stereocenters. The smallest absolute Gasteiger partial charge is 0.157 e. The summed E-state index contributed by atoms with van der Waals surface area (Å²) in [6.45, 7) is 4.69. The number of hydrogen-bond donors (Lipinski definition) is 8. The Hall–Kier alpha value is -4.72. The van der Waals surface area contributed by atoms with Crippen LogP contribution in [0, 0.1) is 17.3 Å². The average Bonchev–Trinajstić information content (AvgIpc) is 3.06. The largest absolute Gasteiger partial charge is 0.504 e. The van der Waals surface area contributed by atoms with Gasteiger partial charge in [-0.3, -0.25) is 0 Å². The van der Waals surface area contributed by atoms with Crippen LogP contribution in [0.4, 0.5) is 0 Å². The maximum atomic E-state index is 10.4. The number of phenolic OH excluding ortho intramolecular Hbond substituents is 8. The molecule has 47 heavy (non-hydrogen) atoms. The summed E-state index contributed by atoms with van der Waals surface area (Å²) in [7, 11) is 0. The summed E-state index contributed by atoms with van der Waals surface area (Å²) >= 11 is 0. The van der Waals surface area contributed by atoms with Crippen LogP contribution in [0.25, 0.3) is 0 Å². The van der Waals surface area contributed by atoms with Crippen molar-refractivity contribution in [2.75, 3.05) is 0 Å². The molecule has 6 rings (SSSR count). The van der Waals surface area contributed by atoms with Gasteiger partial charge in [-0.1, -0.05) is 38.1 Å². The molecule has 0 aliphatic heterocycles. The fourth-order valence-corrected chi connectivity index (χ4v) is 8.82. The van der Waals surface area contributed by atoms with E-state index in [4.69, 9.17) is 0 Å². The highest BCUT2D eigenvalue weighted by Crippen LogP contribution is 2.58. The molecular formula is C39H44O8. The van der Waals surface area contributed by atoms with Crippen molar-refractivity contribution in [1.29, 1.82) is 0 Å². The van der Waals surface area contributed by atoms with Gasteiger partial charge in [0.1, 0.15) is 0 Å². The molecule has 2 fully saturated rings. The van der Waals surface area contributed by atoms with E-state index >= 15 is 0 Å². The second-order valence-electron chi connectivity index (χ2n) is 14.3. The van der Waals surface area contributed by atoms with Crippen LogP contribution in [0.15, 0.2) is 72.8 Å². The molecular weight excluding hydrogens is 596 g/mol. The highest BCUT2D eigenvalue weighted by Gasteiger charge is 2.48. The van der Waals surface area contributed by atoms with Gasteiger partial charge in [0.05, 0.1) is 0 Å². The van der Waals surface area contributed by atoms with Crippen molar-refractivity contribution in [2.45, 2.75) is 76.0 Å². The second-order valence-corrected chi connectivity index (χ2v) is 14.3. The number of benzene rings is 4. The van der Waals surface area contributed by atoms with Crippen LogP contribution in [0.5, 0.6) is 46.0 Å². The van der Waals surface area contributed by atoms with E-state index in [9.17, 15) is 40.9 Å². The third kappa shape index (κ3) is 5.53. The zero-order valence-electron chi connectivity index (χ0n) is 26.8. The van der Waals surface area contributed by atoms with Gasteiger partial charge in [-0.2, -0.15) is 0 Å². The van der Waals surface area contributed by atoms with Crippen LogP contribution in [0.1, 0.15) is 87.5 Å². The van der Waals surface area contributed by atoms with Gasteiger partial charge >= 0.3 is 0 Å². The zero-order chi connectivity index (χ0) is 33.7. The maximum absolute atomic E-state index is 10.4. The molecule has 0 heterocycles. The van der Waals surface area contributed by atoms with Crippen molar-refractivity contribution in [1.82, 2.24) is 0 Å². The molecule has 8 heteroatoms. The standard InChI is InChI=1S/C39H44O8/c1-37(2,23-11-15-38(16-12-23,25-3-7-29(40)33(44)19-25)26-4-8-30(41)34(45)20-26)24-13-17-39(18-14-24,27-5-9-31(42)35(46)21-27)28-6-10-32(43)36(47)22-28/h3-10,19-24,40-47H,11-18H2,1-2H3. The van der Waals surface area contributed by atoms with E-state index in [0.717, 1.165) is 73.6 Å². The molecule has 2 aliphatic rings. The summed E-state index contributed by atoms with van der Waals surface area (Å²) in [4.78, 5) is 0. The predicted octanol–water partition coefficient (Wildman–Crippen LogP) is 8.01. The summed E-state index contributed by atoms with van der Waals surface area (Å²) in [5, 5.41) is 81.8. The van der Waals surface area contributed by atoms with Crippen molar-refractivity contribution in [3.05, 3.63) is 95.1 Å². The highest BCUT2D eigenvalue weighted by atomic mass is 16.3. The van der Waals surface area contributed by atoms with E-state index in [1.54, 1.807) is 24.3 Å². The topological polar surface area (TPSA) is 162 Å². The zero-order valence-corrected chi connectivity index (χ0v) is 26.8. The Balaban J connectivity index is 1.26. The molecule has 2 aliphatic carbocycles. The van der Waals surface area contributed by atoms with Crippen molar-refractivity contribution < 1.29 is 40.9 Å². The van der Waals surface area contributed by atoms with Crippen molar-refractivity contribution >= 4 is 0 Å². The van der Waals surface area contributed by atoms with Gasteiger partial charge in [0.2, 0.25) is 0 Å². The van der Waals surface area contributed by atoms with Gasteiger partial charge in [0, 0.05) is 10.8 Å². The lowest BCUT2D eigenvalue weighted by Gasteiger charge is -2.51. The molecule has 4 aromatic rings. The first-order valence-electron chi connectivity index (χ1n) is 16.4. The van der Waals surface area contributed by atoms with Crippen molar-refractivity contribution in [3.63, 3.8) is 0 Å². The molecule has 0 aromatic heterocycles. The van der Waals surface area contributed by atoms with Gasteiger partial charge in [-0.05, 0) is 139 Å². The van der Waals surface area contributed by atoms with Gasteiger partial charge in [-0.25, -0.2) is 0 Å². The van der Waals surface area contributed by atoms with Crippen LogP contribution in [0.2, 0.25) is 0 Å². The second kappa shape index (κ2) is 11.8. The fraction of sp³-hybridized carbons (Fsp3) is 0.385. The van der Waals surface area contributed by atoms with Crippen LogP contribution in [0.3, 0.4) is 0 Å². The minimum atomic E-state index is -0.521. The first-order chi connectivity index (χ1) is 22.3. The van der Waals surface area contributed by atoms with E-state index in [1.807, 2.05) is 24.3 Å². The molecule has 248 valence electrons. The normalized spacial score (nSPS) is 18.6. The van der Waals surface area contributed by atoms with Crippen molar-refractivity contribution in [2.24, 2.45) is 17.3 Å². The lowest BCUT2D eigenvalue weighted by Crippen LogP contribution is -2.43. The third-order valence-electron chi connectivity index (χ3n) is 11.9. The third-order valence-corrected chi connectivity index (χ3v) is 11.9. The van der Waals surface area contributed by atoms with Crippen LogP contribution < -0.4 is 0 Å². The summed E-state index contributed by atoms with van der Waals surface area (Å²) in [6, 6.07) is 19.7. The monoisotopic (exact) mass is 640 g/mol. The average molecular weight is 641 g/mol. The molecule has 0 spiro atoms. The molecule has 0 amide bonds. The molecule has 2 saturated carbocycles. The Kier molecular flexibility index (Phi) is 8.10. The van der Waals surface area contributed by atoms with Gasteiger partial charge < -0.3 is 40.9 Å². The van der Waals surface area contributed by atoms with Gasteiger partial charge in [0.15, 0.2) is 46.0 Å². The lowest BCUT2D eigenvalue weighted by molar-refractivity contribution is 0.0364. The number of rotatable bonds is 6. The summed E-state index contributed by atoms with van der Waals surface area (Å²) in [6.07, 6.45) is 6.62. The van der Waals surface area contributed by atoms with Gasteiger partial charge in [-0.15, -0.1) is 0 Å². The van der Waals surface area contributed by atoms with Crippen LogP contribution in [-0.2, 0) is 10.8 Å². The Morgan fingerprint density at radius 2 is 0.638 bits per heavy atom. The van der Waals surface area contributed by atoms with E-state index < -0.39 is 10.8 Å². The van der Waals surface area contributed by atoms with E-state index in [1.165, 1.54) is 24.3 Å². The number of hydrogen-bond acceptors (Lipinski definition) is 8. The Morgan fingerprint density at radius 1 is 0.404 bits per heavy atom. The van der Waals surface area contributed by atoms with E-state index in [-0.39, 0.29) is 51.4 Å². The van der Waals surface area contributed by atoms with Crippen LogP contribution in [-0.4, -0.2) is 40.9 Å². The summed E-state index contributed by atoms with van der Waals surface area (Å²) in [5.74, 6) is -0.750. The maximum Gasteiger partial charge on any atom is 0.157 e. The van der Waals surface area contributed by atoms with E-state index in [0.29, 0.717) is 11.8 Å². The molecule has 0 radical (unpaired) electrons. The summed E-state index contributed by atoms with van der Waals surface area (Å²) in [5.41, 5.74) is 2.34. The molecule has 0 unspecified atom stereocenters. The molecule has 0 saturated heterocycles. The number of phenols is 8. The van der Waals surface area contributed by atoms with Gasteiger partial charge in [0.25, 0.3) is 0 Å². The van der Waals surface area contributed by atoms with Crippen LogP contribution >= 0.6 is 0 Å². The Morgan fingerprint density at radius 3 is 0.851 bits per heavy atom. The molecule has 8 N–H and O–H groups in total. The quantitative estimate of drug-likeness (QED) is 0.0983. The summed E-state index contributed by atoms with van der Waals surface area (Å²) < 4.78 is 0. The van der Waals surface area contributed by atoms with E-state index in [2.05, 4.69) is 13.8 Å². The molecule has 4 aromatic carbocycles. The SMILES string of the molecule is CC(C)(C1CCC(c2ccc(O)c(O)c2)(c2ccc(O)c(O)c2)CC1)C1CCC(c2ccc(O)c(O)c2)(c2ccc(O)c(O)c2)CC1. The minimum Gasteiger partial charge on any atom is -0.504 e. The minimum absolute atomic E-state index is 0.0271. The van der Waals surface area contributed by atoms with Crippen molar-refractivity contribution in [3.8, 4) is 46.0 Å². The lowest BCUT2D eigenvalue weighted by atomic mass is 9.53. The highest BCUT2D eigenvalue weighted by molar-refractivity contribution is 5.53. The number of aromatic hydroxyl groups is 8. The Bertz CT molecular complexity index is 1540. The fourth-order valence-electron chi connectivity index (χ4n) is 8.82. The Labute approximate surface area is 274 Å². The predicted molar refractivity (Wildman–Crippen MR) is 178 cm³/mol.